The van der Waals surface area contributed by atoms with Gasteiger partial charge in [0.25, 0.3) is 0 Å². The minimum atomic E-state index is 0.0170. The number of rotatable bonds is 5. The molecule has 2 aromatic rings. The quantitative estimate of drug-likeness (QED) is 0.341. The molecular formula is C16H20N4O. The van der Waals surface area contributed by atoms with Gasteiger partial charge in [-0.05, 0) is 29.7 Å². The number of nitrogens with one attached hydrogen (secondary N) is 1. The van der Waals surface area contributed by atoms with Crippen LogP contribution in [0.5, 0.6) is 0 Å². The van der Waals surface area contributed by atoms with Gasteiger partial charge in [-0.2, -0.15) is 0 Å². The number of hydrogen-bond donors (Lipinski definition) is 3. The molecule has 5 heteroatoms. The van der Waals surface area contributed by atoms with Crippen LogP contribution in [-0.4, -0.2) is 16.0 Å². The first kappa shape index (κ1) is 14.8. The minimum Gasteiger partial charge on any atom is -0.409 e. The molecule has 0 unspecified atom stereocenters. The molecule has 4 N–H and O–H groups in total. The van der Waals surface area contributed by atoms with Gasteiger partial charge in [0, 0.05) is 24.0 Å². The predicted molar refractivity (Wildman–Crippen MR) is 84.6 cm³/mol. The number of amidine groups is 1. The van der Waals surface area contributed by atoms with Crippen molar-refractivity contribution in [1.29, 1.82) is 0 Å². The number of nitrogens with zero attached hydrogens (tertiary/aromatic N) is 2. The minimum absolute atomic E-state index is 0.0170. The second kappa shape index (κ2) is 6.74. The van der Waals surface area contributed by atoms with Gasteiger partial charge < -0.3 is 16.3 Å². The molecule has 0 aliphatic carbocycles. The molecule has 110 valence electrons. The maximum Gasteiger partial charge on any atom is 0.189 e. The Hall–Kier alpha value is -2.56. The van der Waals surface area contributed by atoms with Gasteiger partial charge in [-0.15, -0.1) is 0 Å². The highest BCUT2D eigenvalue weighted by Gasteiger charge is 2.08. The number of hydrogen-bond acceptors (Lipinski definition) is 4. The molecule has 0 saturated heterocycles. The van der Waals surface area contributed by atoms with Crippen molar-refractivity contribution in [2.75, 3.05) is 5.32 Å². The highest BCUT2D eigenvalue weighted by atomic mass is 16.4. The van der Waals surface area contributed by atoms with Crippen LogP contribution in [0.3, 0.4) is 0 Å². The number of pyridine rings is 1. The van der Waals surface area contributed by atoms with Gasteiger partial charge in [-0.3, -0.25) is 4.98 Å². The van der Waals surface area contributed by atoms with Crippen LogP contribution in [0.4, 0.5) is 5.69 Å². The zero-order valence-corrected chi connectivity index (χ0v) is 12.2. The molecule has 0 aliphatic heterocycles. The van der Waals surface area contributed by atoms with Gasteiger partial charge in [-0.1, -0.05) is 37.2 Å². The fourth-order valence-corrected chi connectivity index (χ4v) is 2.06. The summed E-state index contributed by atoms with van der Waals surface area (Å²) < 4.78 is 0. The highest BCUT2D eigenvalue weighted by Crippen LogP contribution is 2.19. The van der Waals surface area contributed by atoms with Gasteiger partial charge in [0.2, 0.25) is 0 Å². The van der Waals surface area contributed by atoms with Gasteiger partial charge in [0.05, 0.1) is 0 Å². The largest absolute Gasteiger partial charge is 0.409 e. The molecule has 0 saturated carbocycles. The number of oxime groups is 1. The molecule has 2 rings (SSSR count). The second-order valence-electron chi connectivity index (χ2n) is 5.13. The van der Waals surface area contributed by atoms with Crippen LogP contribution >= 0.6 is 0 Å². The van der Waals surface area contributed by atoms with Crippen molar-refractivity contribution in [3.63, 3.8) is 0 Å². The van der Waals surface area contributed by atoms with Crippen molar-refractivity contribution in [1.82, 2.24) is 4.98 Å². The first-order valence-electron chi connectivity index (χ1n) is 6.87. The molecule has 0 bridgehead atoms. The summed E-state index contributed by atoms with van der Waals surface area (Å²) in [5.74, 6) is 0.501. The number of anilines is 1. The summed E-state index contributed by atoms with van der Waals surface area (Å²) in [6.45, 7) is 4.88. The highest BCUT2D eigenvalue weighted by molar-refractivity contribution is 5.96. The van der Waals surface area contributed by atoms with E-state index in [1.807, 2.05) is 24.3 Å². The molecule has 1 heterocycles. The average Bonchev–Trinajstić information content (AvgIpc) is 2.52. The van der Waals surface area contributed by atoms with Crippen LogP contribution < -0.4 is 11.1 Å². The summed E-state index contributed by atoms with van der Waals surface area (Å²) in [5.41, 5.74) is 9.33. The third kappa shape index (κ3) is 3.72. The molecule has 0 aliphatic rings. The Balaban J connectivity index is 2.15. The maximum atomic E-state index is 8.80. The second-order valence-corrected chi connectivity index (χ2v) is 5.13. The summed E-state index contributed by atoms with van der Waals surface area (Å²) in [6.07, 6.45) is 1.62. The summed E-state index contributed by atoms with van der Waals surface area (Å²) in [5, 5.41) is 15.2. The van der Waals surface area contributed by atoms with E-state index in [2.05, 4.69) is 41.4 Å². The normalized spacial score (nSPS) is 11.7. The molecule has 21 heavy (non-hydrogen) atoms. The van der Waals surface area contributed by atoms with Crippen LogP contribution in [0.25, 0.3) is 0 Å². The van der Waals surface area contributed by atoms with Crippen LogP contribution in [-0.2, 0) is 6.54 Å². The van der Waals surface area contributed by atoms with E-state index in [9.17, 15) is 0 Å². The summed E-state index contributed by atoms with van der Waals surface area (Å²) in [7, 11) is 0. The van der Waals surface area contributed by atoms with E-state index >= 15 is 0 Å². The van der Waals surface area contributed by atoms with Crippen molar-refractivity contribution in [3.8, 4) is 0 Å². The molecule has 1 aromatic heterocycles. The van der Waals surface area contributed by atoms with Gasteiger partial charge in [0.1, 0.15) is 5.69 Å². The average molecular weight is 284 g/mol. The lowest BCUT2D eigenvalue weighted by molar-refractivity contribution is 0.318. The molecular weight excluding hydrogens is 264 g/mol. The van der Waals surface area contributed by atoms with Crippen molar-refractivity contribution < 1.29 is 5.21 Å². The zero-order valence-electron chi connectivity index (χ0n) is 12.2. The van der Waals surface area contributed by atoms with E-state index in [0.29, 0.717) is 18.2 Å². The van der Waals surface area contributed by atoms with E-state index < -0.39 is 0 Å². The summed E-state index contributed by atoms with van der Waals surface area (Å²) >= 11 is 0. The Morgan fingerprint density at radius 3 is 2.86 bits per heavy atom. The van der Waals surface area contributed by atoms with Crippen LogP contribution in [0.15, 0.2) is 47.8 Å². The van der Waals surface area contributed by atoms with Crippen LogP contribution in [0.2, 0.25) is 0 Å². The van der Waals surface area contributed by atoms with Crippen LogP contribution in [0, 0.1) is 0 Å². The molecule has 1 aromatic carbocycles. The lowest BCUT2D eigenvalue weighted by Crippen LogP contribution is -2.18. The number of aromatic nitrogens is 1. The Morgan fingerprint density at radius 1 is 1.33 bits per heavy atom. The Labute approximate surface area is 124 Å². The zero-order chi connectivity index (χ0) is 15.2. The SMILES string of the molecule is CC(C)c1cccc(NCc2cccnc2C(N)=NO)c1. The third-order valence-corrected chi connectivity index (χ3v) is 3.28. The lowest BCUT2D eigenvalue weighted by atomic mass is 10.0. The van der Waals surface area contributed by atoms with E-state index in [4.69, 9.17) is 10.9 Å². The van der Waals surface area contributed by atoms with Gasteiger partial charge in [-0.25, -0.2) is 0 Å². The Kier molecular flexibility index (Phi) is 4.77. The smallest absolute Gasteiger partial charge is 0.189 e. The van der Waals surface area contributed by atoms with E-state index in [1.54, 1.807) is 6.20 Å². The first-order chi connectivity index (χ1) is 10.1. The first-order valence-corrected chi connectivity index (χ1v) is 6.87. The van der Waals surface area contributed by atoms with Crippen molar-refractivity contribution >= 4 is 11.5 Å². The Bertz CT molecular complexity index is 638. The molecule has 0 atom stereocenters. The van der Waals surface area contributed by atoms with Crippen molar-refractivity contribution in [2.45, 2.75) is 26.3 Å². The Morgan fingerprint density at radius 2 is 2.14 bits per heavy atom. The van der Waals surface area contributed by atoms with Crippen molar-refractivity contribution in [3.05, 3.63) is 59.4 Å². The summed E-state index contributed by atoms with van der Waals surface area (Å²) in [4.78, 5) is 4.15. The van der Waals surface area contributed by atoms with E-state index in [0.717, 1.165) is 11.3 Å². The molecule has 5 nitrogen and oxygen atoms in total. The lowest BCUT2D eigenvalue weighted by Gasteiger charge is -2.12. The third-order valence-electron chi connectivity index (χ3n) is 3.28. The van der Waals surface area contributed by atoms with Crippen LogP contribution in [0.1, 0.15) is 36.6 Å². The maximum absolute atomic E-state index is 8.80. The monoisotopic (exact) mass is 284 g/mol. The van der Waals surface area contributed by atoms with E-state index in [1.165, 1.54) is 5.56 Å². The standard InChI is InChI=1S/C16H20N4O/c1-11(2)12-5-3-7-14(9-12)19-10-13-6-4-8-18-15(13)16(17)20-21/h3-9,11,19,21H,10H2,1-2H3,(H2,17,20). The van der Waals surface area contributed by atoms with Gasteiger partial charge >= 0.3 is 0 Å². The molecule has 0 radical (unpaired) electrons. The summed E-state index contributed by atoms with van der Waals surface area (Å²) in [6, 6.07) is 12.0. The molecule has 0 amide bonds. The molecule has 0 fully saturated rings. The fraction of sp³-hybridized carbons (Fsp3) is 0.250. The predicted octanol–water partition coefficient (Wildman–Crippen LogP) is 2.91. The van der Waals surface area contributed by atoms with Crippen molar-refractivity contribution in [2.24, 2.45) is 10.9 Å². The fourth-order valence-electron chi connectivity index (χ4n) is 2.06. The number of benzene rings is 1. The molecule has 0 spiro atoms. The number of nitrogens with two attached hydrogens (primary N) is 1. The van der Waals surface area contributed by atoms with Gasteiger partial charge in [0.15, 0.2) is 5.84 Å². The topological polar surface area (TPSA) is 83.5 Å². The van der Waals surface area contributed by atoms with E-state index in [-0.39, 0.29) is 5.84 Å².